The fraction of sp³-hybridized carbons (Fsp3) is 0.909. The highest BCUT2D eigenvalue weighted by atomic mass is 16.1. The van der Waals surface area contributed by atoms with E-state index < -0.39 is 0 Å². The predicted octanol–water partition coefficient (Wildman–Crippen LogP) is 1.17. The second-order valence-electron chi connectivity index (χ2n) is 4.97. The second-order valence-corrected chi connectivity index (χ2v) is 4.97. The van der Waals surface area contributed by atoms with Gasteiger partial charge in [0.1, 0.15) is 0 Å². The van der Waals surface area contributed by atoms with Crippen LogP contribution in [0.4, 0.5) is 0 Å². The first-order valence-corrected chi connectivity index (χ1v) is 5.74. The van der Waals surface area contributed by atoms with Crippen LogP contribution in [0.1, 0.15) is 44.9 Å². The summed E-state index contributed by atoms with van der Waals surface area (Å²) in [6, 6.07) is 0. The van der Waals surface area contributed by atoms with Crippen molar-refractivity contribution in [3.63, 3.8) is 0 Å². The molecule has 1 amide bonds. The lowest BCUT2D eigenvalue weighted by molar-refractivity contribution is -0.123. The van der Waals surface area contributed by atoms with Crippen LogP contribution in [0.15, 0.2) is 0 Å². The lowest BCUT2D eigenvalue weighted by atomic mass is 9.75. The van der Waals surface area contributed by atoms with Crippen LogP contribution in [-0.4, -0.2) is 18.0 Å². The third-order valence-corrected chi connectivity index (χ3v) is 3.43. The topological polar surface area (TPSA) is 55.1 Å². The molecule has 0 aliphatic heterocycles. The molecule has 2 fully saturated rings. The first-order valence-electron chi connectivity index (χ1n) is 5.74. The van der Waals surface area contributed by atoms with Gasteiger partial charge in [-0.05, 0) is 31.6 Å². The van der Waals surface area contributed by atoms with Crippen molar-refractivity contribution in [2.45, 2.75) is 50.5 Å². The molecule has 0 aromatic rings. The summed E-state index contributed by atoms with van der Waals surface area (Å²) in [5, 5.41) is 2.96. The summed E-state index contributed by atoms with van der Waals surface area (Å²) in [6.07, 6.45) is 7.62. The standard InChI is InChI=1S/C11H20N2O/c12-11(5-1-6-11)8-10(14)13-7-4-9-2-3-9/h9H,1-8,12H2,(H,13,14). The van der Waals surface area contributed by atoms with E-state index in [2.05, 4.69) is 5.32 Å². The molecule has 2 aliphatic rings. The maximum Gasteiger partial charge on any atom is 0.221 e. The van der Waals surface area contributed by atoms with Crippen molar-refractivity contribution in [1.82, 2.24) is 5.32 Å². The van der Waals surface area contributed by atoms with Gasteiger partial charge in [0.05, 0.1) is 0 Å². The van der Waals surface area contributed by atoms with E-state index in [1.807, 2.05) is 0 Å². The van der Waals surface area contributed by atoms with Crippen molar-refractivity contribution in [1.29, 1.82) is 0 Å². The summed E-state index contributed by atoms with van der Waals surface area (Å²) in [7, 11) is 0. The smallest absolute Gasteiger partial charge is 0.221 e. The molecule has 0 saturated heterocycles. The van der Waals surface area contributed by atoms with E-state index in [-0.39, 0.29) is 11.4 Å². The molecule has 3 heteroatoms. The fourth-order valence-corrected chi connectivity index (χ4v) is 2.01. The molecular formula is C11H20N2O. The molecule has 14 heavy (non-hydrogen) atoms. The van der Waals surface area contributed by atoms with Gasteiger partial charge in [-0.25, -0.2) is 0 Å². The Morgan fingerprint density at radius 3 is 2.64 bits per heavy atom. The SMILES string of the molecule is NC1(CC(=O)NCCC2CC2)CCC1. The summed E-state index contributed by atoms with van der Waals surface area (Å²) in [4.78, 5) is 11.5. The molecule has 0 spiro atoms. The average Bonchev–Trinajstić information content (AvgIpc) is 2.85. The minimum absolute atomic E-state index is 0.146. The number of carbonyl (C=O) groups excluding carboxylic acids is 1. The van der Waals surface area contributed by atoms with E-state index in [9.17, 15) is 4.79 Å². The minimum atomic E-state index is -0.163. The Labute approximate surface area is 85.4 Å². The number of hydrogen-bond donors (Lipinski definition) is 2. The van der Waals surface area contributed by atoms with Gasteiger partial charge in [-0.3, -0.25) is 4.79 Å². The van der Waals surface area contributed by atoms with Crippen molar-refractivity contribution < 1.29 is 4.79 Å². The number of rotatable bonds is 5. The molecule has 2 aliphatic carbocycles. The highest BCUT2D eigenvalue weighted by Gasteiger charge is 2.34. The van der Waals surface area contributed by atoms with E-state index in [0.29, 0.717) is 6.42 Å². The van der Waals surface area contributed by atoms with Crippen LogP contribution in [0.5, 0.6) is 0 Å². The third kappa shape index (κ3) is 2.71. The molecular weight excluding hydrogens is 176 g/mol. The molecule has 0 atom stereocenters. The fourth-order valence-electron chi connectivity index (χ4n) is 2.01. The monoisotopic (exact) mass is 196 g/mol. The van der Waals surface area contributed by atoms with Crippen LogP contribution in [0, 0.1) is 5.92 Å². The van der Waals surface area contributed by atoms with Crippen molar-refractivity contribution >= 4 is 5.91 Å². The van der Waals surface area contributed by atoms with Gasteiger partial charge in [0.25, 0.3) is 0 Å². The van der Waals surface area contributed by atoms with E-state index >= 15 is 0 Å². The van der Waals surface area contributed by atoms with Gasteiger partial charge in [-0.15, -0.1) is 0 Å². The normalized spacial score (nSPS) is 24.1. The van der Waals surface area contributed by atoms with E-state index in [1.165, 1.54) is 19.3 Å². The Kier molecular flexibility index (Phi) is 2.77. The molecule has 0 radical (unpaired) electrons. The van der Waals surface area contributed by atoms with Gasteiger partial charge in [0, 0.05) is 18.5 Å². The largest absolute Gasteiger partial charge is 0.356 e. The predicted molar refractivity (Wildman–Crippen MR) is 55.7 cm³/mol. The summed E-state index contributed by atoms with van der Waals surface area (Å²) < 4.78 is 0. The Hall–Kier alpha value is -0.570. The number of carbonyl (C=O) groups is 1. The Bertz CT molecular complexity index is 219. The molecule has 0 aromatic heterocycles. The molecule has 0 aromatic carbocycles. The first kappa shape index (κ1) is 9.97. The average molecular weight is 196 g/mol. The summed E-state index contributed by atoms with van der Waals surface area (Å²) in [5.74, 6) is 1.04. The van der Waals surface area contributed by atoms with Crippen molar-refractivity contribution in [3.05, 3.63) is 0 Å². The van der Waals surface area contributed by atoms with Gasteiger partial charge in [-0.2, -0.15) is 0 Å². The van der Waals surface area contributed by atoms with Crippen LogP contribution < -0.4 is 11.1 Å². The second kappa shape index (κ2) is 3.89. The van der Waals surface area contributed by atoms with Crippen molar-refractivity contribution in [3.8, 4) is 0 Å². The zero-order valence-corrected chi connectivity index (χ0v) is 8.72. The maximum absolute atomic E-state index is 11.5. The Balaban J connectivity index is 1.57. The lowest BCUT2D eigenvalue weighted by Gasteiger charge is -2.37. The molecule has 0 heterocycles. The van der Waals surface area contributed by atoms with Crippen LogP contribution >= 0.6 is 0 Å². The number of amides is 1. The maximum atomic E-state index is 11.5. The van der Waals surface area contributed by atoms with Gasteiger partial charge >= 0.3 is 0 Å². The van der Waals surface area contributed by atoms with Crippen LogP contribution in [0.3, 0.4) is 0 Å². The Morgan fingerprint density at radius 1 is 1.43 bits per heavy atom. The minimum Gasteiger partial charge on any atom is -0.356 e. The van der Waals surface area contributed by atoms with Gasteiger partial charge in [0.2, 0.25) is 5.91 Å². The van der Waals surface area contributed by atoms with Crippen molar-refractivity contribution in [2.75, 3.05) is 6.54 Å². The third-order valence-electron chi connectivity index (χ3n) is 3.43. The summed E-state index contributed by atoms with van der Waals surface area (Å²) in [6.45, 7) is 0.847. The van der Waals surface area contributed by atoms with Gasteiger partial charge < -0.3 is 11.1 Å². The van der Waals surface area contributed by atoms with Crippen molar-refractivity contribution in [2.24, 2.45) is 11.7 Å². The zero-order valence-electron chi connectivity index (χ0n) is 8.72. The summed E-state index contributed by atoms with van der Waals surface area (Å²) >= 11 is 0. The molecule has 0 unspecified atom stereocenters. The van der Waals surface area contributed by atoms with Crippen LogP contribution in [0.25, 0.3) is 0 Å². The number of nitrogens with two attached hydrogens (primary N) is 1. The summed E-state index contributed by atoms with van der Waals surface area (Å²) in [5.41, 5.74) is 5.82. The number of nitrogens with one attached hydrogen (secondary N) is 1. The molecule has 80 valence electrons. The quantitative estimate of drug-likeness (QED) is 0.693. The molecule has 2 saturated carbocycles. The zero-order chi connectivity index (χ0) is 10.0. The van der Waals surface area contributed by atoms with E-state index in [0.717, 1.165) is 31.7 Å². The van der Waals surface area contributed by atoms with E-state index in [1.54, 1.807) is 0 Å². The number of hydrogen-bond acceptors (Lipinski definition) is 2. The lowest BCUT2D eigenvalue weighted by Crippen LogP contribution is -2.50. The molecule has 0 bridgehead atoms. The van der Waals surface area contributed by atoms with E-state index in [4.69, 9.17) is 5.73 Å². The highest BCUT2D eigenvalue weighted by Crippen LogP contribution is 2.33. The van der Waals surface area contributed by atoms with Crippen LogP contribution in [-0.2, 0) is 4.79 Å². The van der Waals surface area contributed by atoms with Gasteiger partial charge in [-0.1, -0.05) is 12.8 Å². The molecule has 2 rings (SSSR count). The first-order chi connectivity index (χ1) is 6.68. The molecule has 3 nitrogen and oxygen atoms in total. The Morgan fingerprint density at radius 2 is 2.14 bits per heavy atom. The van der Waals surface area contributed by atoms with Gasteiger partial charge in [0.15, 0.2) is 0 Å². The highest BCUT2D eigenvalue weighted by molar-refractivity contribution is 5.77. The molecule has 3 N–H and O–H groups in total. The van der Waals surface area contributed by atoms with Crippen LogP contribution in [0.2, 0.25) is 0 Å².